The second-order valence-electron chi connectivity index (χ2n) is 11.2. The van der Waals surface area contributed by atoms with E-state index < -0.39 is 0 Å². The summed E-state index contributed by atoms with van der Waals surface area (Å²) in [6, 6.07) is 46.8. The van der Waals surface area contributed by atoms with Gasteiger partial charge in [-0.1, -0.05) is 66.7 Å². The van der Waals surface area contributed by atoms with Crippen molar-refractivity contribution < 1.29 is 0 Å². The number of benzene rings is 6. The Bertz CT molecular complexity index is 2750. The van der Waals surface area contributed by atoms with Gasteiger partial charge < -0.3 is 4.90 Å². The molecular formula is C39H22N2S3. The minimum Gasteiger partial charge on any atom is -0.309 e. The van der Waals surface area contributed by atoms with Gasteiger partial charge in [-0.3, -0.25) is 0 Å². The SMILES string of the molecule is c1ccc2cc3c(cc2c1)sc1ncc(N(c2ccc4c(c2)sc2ccccc24)c2ccc4sc5ccccc5c4c2)cc13. The van der Waals surface area contributed by atoms with Gasteiger partial charge in [0.15, 0.2) is 0 Å². The Morgan fingerprint density at radius 1 is 0.386 bits per heavy atom. The zero-order valence-electron chi connectivity index (χ0n) is 23.3. The van der Waals surface area contributed by atoms with E-state index in [4.69, 9.17) is 4.98 Å². The van der Waals surface area contributed by atoms with Gasteiger partial charge in [-0.05, 0) is 71.4 Å². The van der Waals surface area contributed by atoms with Crippen molar-refractivity contribution in [1.82, 2.24) is 4.98 Å². The largest absolute Gasteiger partial charge is 0.309 e. The van der Waals surface area contributed by atoms with E-state index in [1.54, 1.807) is 11.3 Å². The molecule has 10 rings (SSSR count). The smallest absolute Gasteiger partial charge is 0.124 e. The molecule has 0 spiro atoms. The highest BCUT2D eigenvalue weighted by atomic mass is 32.1. The Labute approximate surface area is 264 Å². The average molecular weight is 615 g/mol. The summed E-state index contributed by atoms with van der Waals surface area (Å²) in [4.78, 5) is 8.51. The molecule has 44 heavy (non-hydrogen) atoms. The standard InChI is InChI=1S/C39H22N2S3/c1-2-8-24-18-37-31(17-23(24)7-1)33-20-27(22-40-39(33)44-37)41(25-14-16-36-32(19-25)29-10-4-6-12-35(29)42-36)26-13-15-30-28-9-3-5-11-34(28)43-38(30)21-26/h1-22H. The van der Waals surface area contributed by atoms with Gasteiger partial charge in [-0.25, -0.2) is 4.98 Å². The minimum atomic E-state index is 1.06. The molecule has 0 unspecified atom stereocenters. The maximum absolute atomic E-state index is 5.06. The Hall–Kier alpha value is -4.81. The predicted molar refractivity (Wildman–Crippen MR) is 195 cm³/mol. The lowest BCUT2D eigenvalue weighted by Crippen LogP contribution is -2.10. The first-order valence-electron chi connectivity index (χ1n) is 14.6. The summed E-state index contributed by atoms with van der Waals surface area (Å²) in [5.74, 6) is 0. The lowest BCUT2D eigenvalue weighted by molar-refractivity contribution is 1.27. The lowest BCUT2D eigenvalue weighted by atomic mass is 10.1. The molecule has 0 aliphatic heterocycles. The van der Waals surface area contributed by atoms with Crippen molar-refractivity contribution in [3.8, 4) is 0 Å². The Balaban J connectivity index is 1.23. The van der Waals surface area contributed by atoms with E-state index in [1.165, 1.54) is 66.6 Å². The summed E-state index contributed by atoms with van der Waals surface area (Å²) in [5.41, 5.74) is 3.33. The number of pyridine rings is 1. The van der Waals surface area contributed by atoms with Crippen LogP contribution in [0.3, 0.4) is 0 Å². The molecule has 0 N–H and O–H groups in total. The summed E-state index contributed by atoms with van der Waals surface area (Å²) in [6.45, 7) is 0. The number of anilines is 3. The fraction of sp³-hybridized carbons (Fsp3) is 0. The van der Waals surface area contributed by atoms with Gasteiger partial charge in [0.05, 0.1) is 11.9 Å². The third kappa shape index (κ3) is 3.67. The molecule has 6 aromatic carbocycles. The number of hydrogen-bond donors (Lipinski definition) is 0. The Kier molecular flexibility index (Phi) is 5.23. The van der Waals surface area contributed by atoms with Crippen LogP contribution in [0, 0.1) is 0 Å². The van der Waals surface area contributed by atoms with Crippen LogP contribution in [0.15, 0.2) is 134 Å². The monoisotopic (exact) mass is 614 g/mol. The molecule has 206 valence electrons. The predicted octanol–water partition coefficient (Wildman–Crippen LogP) is 12.8. The van der Waals surface area contributed by atoms with Gasteiger partial charge in [-0.2, -0.15) is 0 Å². The quantitative estimate of drug-likeness (QED) is 0.197. The van der Waals surface area contributed by atoms with Crippen LogP contribution in [-0.4, -0.2) is 4.98 Å². The van der Waals surface area contributed by atoms with Crippen LogP contribution < -0.4 is 4.90 Å². The van der Waals surface area contributed by atoms with Crippen molar-refractivity contribution in [2.75, 3.05) is 4.90 Å². The molecule has 10 aromatic rings. The minimum absolute atomic E-state index is 1.06. The third-order valence-electron chi connectivity index (χ3n) is 8.68. The average Bonchev–Trinajstić information content (AvgIpc) is 3.74. The van der Waals surface area contributed by atoms with Crippen LogP contribution in [0.5, 0.6) is 0 Å². The number of fused-ring (bicyclic) bond motifs is 10. The molecule has 0 amide bonds. The van der Waals surface area contributed by atoms with Crippen molar-refractivity contribution in [2.24, 2.45) is 0 Å². The molecule has 0 radical (unpaired) electrons. The van der Waals surface area contributed by atoms with E-state index >= 15 is 0 Å². The third-order valence-corrected chi connectivity index (χ3v) is 12.0. The first kappa shape index (κ1) is 24.6. The van der Waals surface area contributed by atoms with Crippen LogP contribution in [0.1, 0.15) is 0 Å². The Morgan fingerprint density at radius 2 is 0.955 bits per heavy atom. The van der Waals surface area contributed by atoms with Gasteiger partial charge in [0, 0.05) is 67.2 Å². The summed E-state index contributed by atoms with van der Waals surface area (Å²) >= 11 is 5.48. The molecule has 0 aliphatic rings. The summed E-state index contributed by atoms with van der Waals surface area (Å²) in [5, 5.41) is 10.2. The maximum atomic E-state index is 5.06. The number of nitrogens with zero attached hydrogens (tertiary/aromatic N) is 2. The molecule has 2 nitrogen and oxygen atoms in total. The fourth-order valence-corrected chi connectivity index (χ4v) is 9.89. The molecule has 0 saturated heterocycles. The van der Waals surface area contributed by atoms with E-state index in [-0.39, 0.29) is 0 Å². The maximum Gasteiger partial charge on any atom is 0.124 e. The van der Waals surface area contributed by atoms with Gasteiger partial charge in [0.25, 0.3) is 0 Å². The molecule has 4 aromatic heterocycles. The van der Waals surface area contributed by atoms with Crippen molar-refractivity contribution in [2.45, 2.75) is 0 Å². The molecule has 0 bridgehead atoms. The number of rotatable bonds is 3. The van der Waals surface area contributed by atoms with Crippen molar-refractivity contribution >= 4 is 122 Å². The van der Waals surface area contributed by atoms with E-state index in [2.05, 4.69) is 132 Å². The topological polar surface area (TPSA) is 16.1 Å². The first-order chi connectivity index (χ1) is 21.8. The van der Waals surface area contributed by atoms with Gasteiger partial charge in [-0.15, -0.1) is 34.0 Å². The molecule has 0 atom stereocenters. The van der Waals surface area contributed by atoms with Crippen molar-refractivity contribution in [3.63, 3.8) is 0 Å². The van der Waals surface area contributed by atoms with Crippen molar-refractivity contribution in [3.05, 3.63) is 134 Å². The number of hydrogen-bond acceptors (Lipinski definition) is 5. The summed E-state index contributed by atoms with van der Waals surface area (Å²) in [7, 11) is 0. The van der Waals surface area contributed by atoms with Crippen LogP contribution in [0.2, 0.25) is 0 Å². The molecule has 0 aliphatic carbocycles. The number of aromatic nitrogens is 1. The highest BCUT2D eigenvalue weighted by Crippen LogP contribution is 2.45. The zero-order valence-corrected chi connectivity index (χ0v) is 25.8. The van der Waals surface area contributed by atoms with E-state index in [1.807, 2.05) is 28.9 Å². The second kappa shape index (κ2) is 9.34. The van der Waals surface area contributed by atoms with Gasteiger partial charge >= 0.3 is 0 Å². The van der Waals surface area contributed by atoms with Crippen LogP contribution in [-0.2, 0) is 0 Å². The fourth-order valence-electron chi connectivity index (χ4n) is 6.61. The van der Waals surface area contributed by atoms with E-state index in [9.17, 15) is 0 Å². The second-order valence-corrected chi connectivity index (χ2v) is 14.4. The van der Waals surface area contributed by atoms with E-state index in [0.29, 0.717) is 0 Å². The zero-order chi connectivity index (χ0) is 28.8. The van der Waals surface area contributed by atoms with Gasteiger partial charge in [0.1, 0.15) is 4.83 Å². The van der Waals surface area contributed by atoms with Crippen LogP contribution in [0.25, 0.3) is 71.4 Å². The molecular weight excluding hydrogens is 593 g/mol. The highest BCUT2D eigenvalue weighted by Gasteiger charge is 2.19. The first-order valence-corrected chi connectivity index (χ1v) is 17.1. The normalized spacial score (nSPS) is 12.1. The van der Waals surface area contributed by atoms with Crippen LogP contribution in [0.4, 0.5) is 17.1 Å². The van der Waals surface area contributed by atoms with Crippen LogP contribution >= 0.6 is 34.0 Å². The molecule has 5 heteroatoms. The molecule has 0 saturated carbocycles. The Morgan fingerprint density at radius 3 is 1.80 bits per heavy atom. The molecule has 4 heterocycles. The molecule has 0 fully saturated rings. The highest BCUT2D eigenvalue weighted by molar-refractivity contribution is 7.26. The summed E-state index contributed by atoms with van der Waals surface area (Å²) in [6.07, 6.45) is 2.04. The number of thiophene rings is 3. The lowest BCUT2D eigenvalue weighted by Gasteiger charge is -2.25. The summed E-state index contributed by atoms with van der Waals surface area (Å²) < 4.78 is 6.50. The van der Waals surface area contributed by atoms with Crippen molar-refractivity contribution in [1.29, 1.82) is 0 Å². The van der Waals surface area contributed by atoms with Gasteiger partial charge in [0.2, 0.25) is 0 Å². The van der Waals surface area contributed by atoms with E-state index in [0.717, 1.165) is 21.9 Å².